The summed E-state index contributed by atoms with van der Waals surface area (Å²) in [5.41, 5.74) is 3.36. The number of benzene rings is 3. The van der Waals surface area contributed by atoms with Crippen LogP contribution in [-0.2, 0) is 6.54 Å². The van der Waals surface area contributed by atoms with Crippen molar-refractivity contribution in [3.05, 3.63) is 93.7 Å². The zero-order valence-corrected chi connectivity index (χ0v) is 18.6. The fourth-order valence-electron chi connectivity index (χ4n) is 3.52. The third-order valence-electron chi connectivity index (χ3n) is 5.08. The van der Waals surface area contributed by atoms with Crippen LogP contribution in [0.15, 0.2) is 66.7 Å². The Bertz CT molecular complexity index is 1250. The molecule has 0 saturated carbocycles. The van der Waals surface area contributed by atoms with Gasteiger partial charge < -0.3 is 14.6 Å². The van der Waals surface area contributed by atoms with E-state index in [1.165, 1.54) is 0 Å². The van der Waals surface area contributed by atoms with Crippen LogP contribution in [0.5, 0.6) is 5.75 Å². The largest absolute Gasteiger partial charge is 0.497 e. The number of nitrogens with one attached hydrogen (secondary N) is 1. The van der Waals surface area contributed by atoms with Crippen molar-refractivity contribution in [2.45, 2.75) is 19.5 Å². The molecule has 0 spiro atoms. The highest BCUT2D eigenvalue weighted by molar-refractivity contribution is 6.42. The van der Waals surface area contributed by atoms with Gasteiger partial charge in [0.1, 0.15) is 11.6 Å². The number of nitrogens with zero attached hydrogens (tertiary/aromatic N) is 2. The monoisotopic (exact) mass is 453 g/mol. The lowest BCUT2D eigenvalue weighted by Gasteiger charge is -2.17. The number of para-hydroxylation sites is 2. The quantitative estimate of drug-likeness (QED) is 0.395. The van der Waals surface area contributed by atoms with Gasteiger partial charge in [-0.1, -0.05) is 47.5 Å². The molecular formula is C24H21Cl2N3O2. The van der Waals surface area contributed by atoms with E-state index in [1.807, 2.05) is 43.3 Å². The molecule has 0 aliphatic rings. The minimum absolute atomic E-state index is 0.195. The number of amides is 1. The average molecular weight is 454 g/mol. The van der Waals surface area contributed by atoms with Gasteiger partial charge in [0.25, 0.3) is 5.91 Å². The standard InChI is InChI=1S/C24H21Cl2N3O2/c1-15(27-24(30)17-6-5-7-18(13-17)31-2)23-28-21-8-3-4-9-22(21)29(23)14-16-10-11-19(25)20(26)12-16/h3-13,15H,14H2,1-2H3,(H,27,30). The van der Waals surface area contributed by atoms with Crippen LogP contribution in [0, 0.1) is 0 Å². The van der Waals surface area contributed by atoms with Crippen LogP contribution in [-0.4, -0.2) is 22.6 Å². The molecule has 1 N–H and O–H groups in total. The van der Waals surface area contributed by atoms with Crippen LogP contribution < -0.4 is 10.1 Å². The number of ether oxygens (including phenoxy) is 1. The second kappa shape index (κ2) is 9.00. The summed E-state index contributed by atoms with van der Waals surface area (Å²) in [6.07, 6.45) is 0. The summed E-state index contributed by atoms with van der Waals surface area (Å²) in [5, 5.41) is 4.06. The molecule has 1 heterocycles. The van der Waals surface area contributed by atoms with Crippen molar-refractivity contribution in [1.29, 1.82) is 0 Å². The number of methoxy groups -OCH3 is 1. The summed E-state index contributed by atoms with van der Waals surface area (Å²) in [6.45, 7) is 2.47. The summed E-state index contributed by atoms with van der Waals surface area (Å²) in [6, 6.07) is 20.2. The molecule has 5 nitrogen and oxygen atoms in total. The molecular weight excluding hydrogens is 433 g/mol. The molecule has 3 aromatic carbocycles. The van der Waals surface area contributed by atoms with Gasteiger partial charge in [-0.2, -0.15) is 0 Å². The van der Waals surface area contributed by atoms with Crippen LogP contribution in [0.2, 0.25) is 10.0 Å². The average Bonchev–Trinajstić information content (AvgIpc) is 3.15. The minimum Gasteiger partial charge on any atom is -0.497 e. The van der Waals surface area contributed by atoms with Gasteiger partial charge in [-0.15, -0.1) is 0 Å². The number of carbonyl (C=O) groups excluding carboxylic acids is 1. The van der Waals surface area contributed by atoms with Crippen LogP contribution >= 0.6 is 23.2 Å². The number of hydrogen-bond acceptors (Lipinski definition) is 3. The number of imidazole rings is 1. The second-order valence-corrected chi connectivity index (χ2v) is 8.03. The van der Waals surface area contributed by atoms with Crippen molar-refractivity contribution < 1.29 is 9.53 Å². The van der Waals surface area contributed by atoms with E-state index in [9.17, 15) is 4.79 Å². The lowest BCUT2D eigenvalue weighted by Crippen LogP contribution is -2.28. The van der Waals surface area contributed by atoms with Crippen molar-refractivity contribution in [1.82, 2.24) is 14.9 Å². The Morgan fingerprint density at radius 1 is 1.06 bits per heavy atom. The van der Waals surface area contributed by atoms with Crippen LogP contribution in [0.1, 0.15) is 34.7 Å². The third-order valence-corrected chi connectivity index (χ3v) is 5.81. The fraction of sp³-hybridized carbons (Fsp3) is 0.167. The maximum absolute atomic E-state index is 12.8. The van der Waals surface area contributed by atoms with Gasteiger partial charge in [-0.25, -0.2) is 4.98 Å². The highest BCUT2D eigenvalue weighted by Gasteiger charge is 2.19. The molecule has 1 atom stereocenters. The van der Waals surface area contributed by atoms with E-state index in [4.69, 9.17) is 32.9 Å². The van der Waals surface area contributed by atoms with Gasteiger partial charge in [0, 0.05) is 12.1 Å². The Labute approximate surface area is 190 Å². The Hall–Kier alpha value is -3.02. The lowest BCUT2D eigenvalue weighted by atomic mass is 10.1. The number of aromatic nitrogens is 2. The van der Waals surface area contributed by atoms with Gasteiger partial charge in [0.05, 0.1) is 34.2 Å². The Balaban J connectivity index is 1.66. The predicted octanol–water partition coefficient (Wildman–Crippen LogP) is 5.89. The Morgan fingerprint density at radius 3 is 2.65 bits per heavy atom. The smallest absolute Gasteiger partial charge is 0.251 e. The van der Waals surface area contributed by atoms with Gasteiger partial charge in [-0.3, -0.25) is 4.79 Å². The second-order valence-electron chi connectivity index (χ2n) is 7.22. The van der Waals surface area contributed by atoms with E-state index < -0.39 is 0 Å². The van der Waals surface area contributed by atoms with E-state index in [-0.39, 0.29) is 11.9 Å². The summed E-state index contributed by atoms with van der Waals surface area (Å²) in [5.74, 6) is 1.19. The van der Waals surface area contributed by atoms with Crippen LogP contribution in [0.3, 0.4) is 0 Å². The molecule has 0 aliphatic carbocycles. The number of halogens is 2. The van der Waals surface area contributed by atoms with E-state index in [2.05, 4.69) is 9.88 Å². The molecule has 31 heavy (non-hydrogen) atoms. The molecule has 0 radical (unpaired) electrons. The van der Waals surface area contributed by atoms with Crippen LogP contribution in [0.4, 0.5) is 0 Å². The zero-order chi connectivity index (χ0) is 22.0. The lowest BCUT2D eigenvalue weighted by molar-refractivity contribution is 0.0937. The van der Waals surface area contributed by atoms with E-state index in [1.54, 1.807) is 37.4 Å². The van der Waals surface area contributed by atoms with Crippen molar-refractivity contribution in [3.8, 4) is 5.75 Å². The highest BCUT2D eigenvalue weighted by atomic mass is 35.5. The molecule has 0 bridgehead atoms. The van der Waals surface area contributed by atoms with Gasteiger partial charge in [0.15, 0.2) is 0 Å². The maximum Gasteiger partial charge on any atom is 0.251 e. The molecule has 158 valence electrons. The van der Waals surface area contributed by atoms with Crippen molar-refractivity contribution in [3.63, 3.8) is 0 Å². The maximum atomic E-state index is 12.8. The summed E-state index contributed by atoms with van der Waals surface area (Å²) >= 11 is 12.3. The van der Waals surface area contributed by atoms with Crippen molar-refractivity contribution >= 4 is 40.1 Å². The Kier molecular flexibility index (Phi) is 6.16. The highest BCUT2D eigenvalue weighted by Crippen LogP contribution is 2.26. The SMILES string of the molecule is COc1cccc(C(=O)NC(C)c2nc3ccccc3n2Cc2ccc(Cl)c(Cl)c2)c1. The predicted molar refractivity (Wildman–Crippen MR) is 124 cm³/mol. The normalized spacial score (nSPS) is 12.0. The first-order valence-corrected chi connectivity index (χ1v) is 10.6. The first-order valence-electron chi connectivity index (χ1n) is 9.80. The zero-order valence-electron chi connectivity index (χ0n) is 17.1. The van der Waals surface area contributed by atoms with Crippen LogP contribution in [0.25, 0.3) is 11.0 Å². The molecule has 0 fully saturated rings. The first-order chi connectivity index (χ1) is 15.0. The number of rotatable bonds is 6. The summed E-state index contributed by atoms with van der Waals surface area (Å²) < 4.78 is 7.31. The molecule has 0 aliphatic heterocycles. The van der Waals surface area contributed by atoms with Gasteiger partial charge in [0.2, 0.25) is 0 Å². The topological polar surface area (TPSA) is 56.1 Å². The minimum atomic E-state index is -0.325. The number of hydrogen-bond donors (Lipinski definition) is 1. The molecule has 1 unspecified atom stereocenters. The van der Waals surface area contributed by atoms with E-state index in [0.717, 1.165) is 22.4 Å². The third kappa shape index (κ3) is 4.53. The number of fused-ring (bicyclic) bond motifs is 1. The Morgan fingerprint density at radius 2 is 1.87 bits per heavy atom. The van der Waals surface area contributed by atoms with Gasteiger partial charge in [-0.05, 0) is 55.0 Å². The summed E-state index contributed by atoms with van der Waals surface area (Å²) in [7, 11) is 1.57. The van der Waals surface area contributed by atoms with E-state index in [0.29, 0.717) is 27.9 Å². The molecule has 1 amide bonds. The number of carbonyl (C=O) groups is 1. The van der Waals surface area contributed by atoms with Crippen molar-refractivity contribution in [2.24, 2.45) is 0 Å². The molecule has 4 aromatic rings. The first kappa shape index (κ1) is 21.2. The van der Waals surface area contributed by atoms with Gasteiger partial charge >= 0.3 is 0 Å². The van der Waals surface area contributed by atoms with E-state index >= 15 is 0 Å². The molecule has 7 heteroatoms. The van der Waals surface area contributed by atoms with Crippen molar-refractivity contribution in [2.75, 3.05) is 7.11 Å². The fourth-order valence-corrected chi connectivity index (χ4v) is 3.84. The summed E-state index contributed by atoms with van der Waals surface area (Å²) in [4.78, 5) is 17.6. The molecule has 0 saturated heterocycles. The molecule has 1 aromatic heterocycles. The molecule has 4 rings (SSSR count).